The number of nitrogens with one attached hydrogen (secondary N) is 2. The molecule has 0 spiro atoms. The van der Waals surface area contributed by atoms with Crippen molar-refractivity contribution >= 4 is 23.0 Å². The number of halogens is 1. The fourth-order valence-corrected chi connectivity index (χ4v) is 2.02. The highest BCUT2D eigenvalue weighted by atomic mass is 35.5. The Hall–Kier alpha value is -1.15. The topological polar surface area (TPSA) is 24.1 Å². The summed E-state index contributed by atoms with van der Waals surface area (Å²) in [7, 11) is 0. The monoisotopic (exact) mass is 208 g/mol. The molecule has 2 N–H and O–H groups in total. The maximum absolute atomic E-state index is 6.10. The number of hydrogen-bond donors (Lipinski definition) is 2. The van der Waals surface area contributed by atoms with E-state index >= 15 is 0 Å². The highest BCUT2D eigenvalue weighted by Gasteiger charge is 2.14. The molecule has 0 radical (unpaired) electrons. The van der Waals surface area contributed by atoms with Gasteiger partial charge in [0.2, 0.25) is 0 Å². The van der Waals surface area contributed by atoms with Crippen LogP contribution in [0.15, 0.2) is 24.9 Å². The van der Waals surface area contributed by atoms with Crippen LogP contribution in [-0.4, -0.2) is 6.54 Å². The Morgan fingerprint density at radius 3 is 3.14 bits per heavy atom. The van der Waals surface area contributed by atoms with Crippen molar-refractivity contribution in [3.8, 4) is 0 Å². The normalized spacial score (nSPS) is 14.1. The van der Waals surface area contributed by atoms with Gasteiger partial charge >= 0.3 is 0 Å². The predicted octanol–water partition coefficient (Wildman–Crippen LogP) is 3.25. The maximum atomic E-state index is 6.10. The summed E-state index contributed by atoms with van der Waals surface area (Å²) >= 11 is 6.10. The zero-order valence-corrected chi connectivity index (χ0v) is 8.69. The van der Waals surface area contributed by atoms with Crippen LogP contribution < -0.4 is 10.6 Å². The summed E-state index contributed by atoms with van der Waals surface area (Å²) in [6.45, 7) is 4.70. The fraction of sp³-hybridized carbons (Fsp3) is 0.273. The zero-order valence-electron chi connectivity index (χ0n) is 7.94. The molecule has 0 saturated carbocycles. The zero-order chi connectivity index (χ0) is 9.97. The van der Waals surface area contributed by atoms with E-state index in [1.54, 1.807) is 6.20 Å². The third kappa shape index (κ3) is 1.58. The first-order valence-electron chi connectivity index (χ1n) is 4.75. The van der Waals surface area contributed by atoms with E-state index in [9.17, 15) is 0 Å². The van der Waals surface area contributed by atoms with Gasteiger partial charge in [-0.3, -0.25) is 0 Å². The second kappa shape index (κ2) is 3.93. The molecule has 1 heterocycles. The molecule has 2 rings (SSSR count). The van der Waals surface area contributed by atoms with Gasteiger partial charge < -0.3 is 10.6 Å². The minimum absolute atomic E-state index is 0.757. The molecule has 1 aliphatic rings. The molecule has 1 aromatic rings. The first-order valence-corrected chi connectivity index (χ1v) is 5.13. The summed E-state index contributed by atoms with van der Waals surface area (Å²) in [6, 6.07) is 3.94. The van der Waals surface area contributed by atoms with Crippen LogP contribution in [0.5, 0.6) is 0 Å². The van der Waals surface area contributed by atoms with Crippen molar-refractivity contribution in [3.63, 3.8) is 0 Å². The van der Waals surface area contributed by atoms with Crippen molar-refractivity contribution in [2.45, 2.75) is 12.8 Å². The molecule has 0 unspecified atom stereocenters. The van der Waals surface area contributed by atoms with E-state index in [1.165, 1.54) is 11.3 Å². The number of fused-ring (bicyclic) bond motifs is 1. The van der Waals surface area contributed by atoms with E-state index in [0.29, 0.717) is 0 Å². The van der Waals surface area contributed by atoms with Crippen LogP contribution in [0.25, 0.3) is 0 Å². The highest BCUT2D eigenvalue weighted by Crippen LogP contribution is 2.34. The average Bonchev–Trinajstić information content (AvgIpc) is 2.23. The summed E-state index contributed by atoms with van der Waals surface area (Å²) < 4.78 is 0. The van der Waals surface area contributed by atoms with Crippen LogP contribution in [0.4, 0.5) is 11.4 Å². The van der Waals surface area contributed by atoms with E-state index in [1.807, 2.05) is 12.1 Å². The summed E-state index contributed by atoms with van der Waals surface area (Å²) in [5.74, 6) is 0. The maximum Gasteiger partial charge on any atom is 0.0645 e. The minimum Gasteiger partial charge on any atom is -0.385 e. The number of hydrogen-bond acceptors (Lipinski definition) is 2. The summed E-state index contributed by atoms with van der Waals surface area (Å²) in [6.07, 6.45) is 3.88. The van der Waals surface area contributed by atoms with Gasteiger partial charge in [-0.15, -0.1) is 0 Å². The lowest BCUT2D eigenvalue weighted by Gasteiger charge is -2.21. The van der Waals surface area contributed by atoms with Crippen LogP contribution in [0.1, 0.15) is 12.0 Å². The summed E-state index contributed by atoms with van der Waals surface area (Å²) in [5.41, 5.74) is 3.44. The Labute approximate surface area is 89.0 Å². The number of benzene rings is 1. The van der Waals surface area contributed by atoms with E-state index in [4.69, 9.17) is 11.6 Å². The Morgan fingerprint density at radius 1 is 1.50 bits per heavy atom. The van der Waals surface area contributed by atoms with Crippen LogP contribution in [0.2, 0.25) is 5.02 Å². The van der Waals surface area contributed by atoms with Gasteiger partial charge in [0.05, 0.1) is 10.7 Å². The molecule has 2 nitrogen and oxygen atoms in total. The molecule has 0 aromatic heterocycles. The summed E-state index contributed by atoms with van der Waals surface area (Å²) in [4.78, 5) is 0. The van der Waals surface area contributed by atoms with Gasteiger partial charge in [-0.05, 0) is 31.2 Å². The van der Waals surface area contributed by atoms with Crippen LogP contribution in [0.3, 0.4) is 0 Å². The van der Waals surface area contributed by atoms with Gasteiger partial charge in [0, 0.05) is 17.8 Å². The van der Waals surface area contributed by atoms with Gasteiger partial charge in [-0.2, -0.15) is 0 Å². The van der Waals surface area contributed by atoms with Gasteiger partial charge in [-0.1, -0.05) is 18.2 Å². The molecule has 1 aromatic carbocycles. The van der Waals surface area contributed by atoms with Crippen LogP contribution in [-0.2, 0) is 6.42 Å². The van der Waals surface area contributed by atoms with Gasteiger partial charge in [0.1, 0.15) is 0 Å². The fourth-order valence-electron chi connectivity index (χ4n) is 1.79. The quantitative estimate of drug-likeness (QED) is 0.780. The van der Waals surface area contributed by atoms with Crippen molar-refractivity contribution in [1.29, 1.82) is 0 Å². The van der Waals surface area contributed by atoms with Gasteiger partial charge in [-0.25, -0.2) is 0 Å². The van der Waals surface area contributed by atoms with E-state index < -0.39 is 0 Å². The van der Waals surface area contributed by atoms with Crippen molar-refractivity contribution < 1.29 is 0 Å². The number of rotatable bonds is 2. The highest BCUT2D eigenvalue weighted by molar-refractivity contribution is 6.33. The molecular weight excluding hydrogens is 196 g/mol. The second-order valence-corrected chi connectivity index (χ2v) is 3.73. The van der Waals surface area contributed by atoms with Crippen molar-refractivity contribution in [2.24, 2.45) is 0 Å². The molecule has 1 aliphatic heterocycles. The minimum atomic E-state index is 0.757. The Balaban J connectivity index is 2.48. The van der Waals surface area contributed by atoms with Crippen LogP contribution >= 0.6 is 11.6 Å². The molecule has 0 aliphatic carbocycles. The Morgan fingerprint density at radius 2 is 2.36 bits per heavy atom. The predicted molar refractivity (Wildman–Crippen MR) is 62.1 cm³/mol. The Kier molecular flexibility index (Phi) is 2.64. The Bertz CT molecular complexity index is 361. The number of anilines is 2. The van der Waals surface area contributed by atoms with E-state index in [2.05, 4.69) is 17.2 Å². The molecule has 0 saturated heterocycles. The third-order valence-electron chi connectivity index (χ3n) is 2.43. The first kappa shape index (κ1) is 9.41. The lowest BCUT2D eigenvalue weighted by atomic mass is 10.0. The van der Waals surface area contributed by atoms with Crippen molar-refractivity contribution in [1.82, 2.24) is 0 Å². The lowest BCUT2D eigenvalue weighted by Crippen LogP contribution is -2.13. The first-order chi connectivity index (χ1) is 6.83. The molecule has 0 amide bonds. The molecular formula is C11H13ClN2. The molecule has 0 bridgehead atoms. The van der Waals surface area contributed by atoms with E-state index in [-0.39, 0.29) is 0 Å². The van der Waals surface area contributed by atoms with Gasteiger partial charge in [0.15, 0.2) is 0 Å². The van der Waals surface area contributed by atoms with Crippen LogP contribution in [0, 0.1) is 0 Å². The van der Waals surface area contributed by atoms with Crippen molar-refractivity contribution in [2.75, 3.05) is 17.2 Å². The molecule has 0 fully saturated rings. The second-order valence-electron chi connectivity index (χ2n) is 3.33. The molecule has 14 heavy (non-hydrogen) atoms. The third-order valence-corrected chi connectivity index (χ3v) is 2.74. The summed E-state index contributed by atoms with van der Waals surface area (Å²) in [5, 5.41) is 7.21. The standard InChI is InChI=1S/C11H13ClN2/c1-2-13-11-8-4-3-7-14-10(8)6-5-9(11)12/h2,5-6,13-14H,1,3-4,7H2. The van der Waals surface area contributed by atoms with Crippen molar-refractivity contribution in [3.05, 3.63) is 35.5 Å². The molecule has 3 heteroatoms. The molecule has 0 atom stereocenters. The smallest absolute Gasteiger partial charge is 0.0645 e. The lowest BCUT2D eigenvalue weighted by molar-refractivity contribution is 0.832. The van der Waals surface area contributed by atoms with Gasteiger partial charge in [0.25, 0.3) is 0 Å². The largest absolute Gasteiger partial charge is 0.385 e. The van der Waals surface area contributed by atoms with E-state index in [0.717, 1.165) is 30.1 Å². The SMILES string of the molecule is C=CNc1c(Cl)ccc2c1CCCN2. The molecule has 74 valence electrons. The average molecular weight is 209 g/mol.